The summed E-state index contributed by atoms with van der Waals surface area (Å²) in [6, 6.07) is 13.0. The van der Waals surface area contributed by atoms with Crippen LogP contribution in [0.1, 0.15) is 5.56 Å². The van der Waals surface area contributed by atoms with E-state index in [9.17, 15) is 18.0 Å². The van der Waals surface area contributed by atoms with E-state index in [4.69, 9.17) is 5.73 Å². The molecular formula is C23H14F3N5O. The molecule has 5 aromatic rings. The minimum Gasteiger partial charge on any atom is -0.368 e. The molecule has 0 atom stereocenters. The zero-order chi connectivity index (χ0) is 22.5. The highest BCUT2D eigenvalue weighted by atomic mass is 19.4. The van der Waals surface area contributed by atoms with Crippen LogP contribution in [0.5, 0.6) is 0 Å². The molecule has 0 aliphatic rings. The molecule has 0 spiro atoms. The molecule has 2 aromatic carbocycles. The molecule has 0 radical (unpaired) electrons. The first-order valence-electron chi connectivity index (χ1n) is 9.51. The standard InChI is InChI=1S/C23H14F3N5O/c24-23(25,26)16-2-1-3-17(9-16)31-20(32)7-5-14-10-28-19-6-4-13(8-18(19)21(14)31)15-11-29-22(27)30-12-15/h1-12H,(H2,27,29,30). The van der Waals surface area contributed by atoms with Crippen LogP contribution in [-0.4, -0.2) is 19.5 Å². The molecule has 5 rings (SSSR count). The van der Waals surface area contributed by atoms with Gasteiger partial charge in [-0.15, -0.1) is 0 Å². The number of rotatable bonds is 2. The van der Waals surface area contributed by atoms with Crippen molar-refractivity contribution in [2.45, 2.75) is 6.18 Å². The summed E-state index contributed by atoms with van der Waals surface area (Å²) in [5, 5.41) is 1.21. The first kappa shape index (κ1) is 19.7. The summed E-state index contributed by atoms with van der Waals surface area (Å²) in [5.41, 5.74) is 6.88. The molecule has 0 saturated carbocycles. The summed E-state index contributed by atoms with van der Waals surface area (Å²) in [6.07, 6.45) is 0.202. The number of hydrogen-bond donors (Lipinski definition) is 1. The van der Waals surface area contributed by atoms with Crippen LogP contribution in [0, 0.1) is 0 Å². The summed E-state index contributed by atoms with van der Waals surface area (Å²) in [6.45, 7) is 0. The Bertz CT molecular complexity index is 1540. The maximum atomic E-state index is 13.3. The normalized spacial score (nSPS) is 11.8. The van der Waals surface area contributed by atoms with Crippen LogP contribution in [-0.2, 0) is 6.18 Å². The zero-order valence-corrected chi connectivity index (χ0v) is 16.3. The van der Waals surface area contributed by atoms with Gasteiger partial charge in [0, 0.05) is 46.7 Å². The minimum absolute atomic E-state index is 0.115. The average molecular weight is 433 g/mol. The fraction of sp³-hybridized carbons (Fsp3) is 0.0435. The van der Waals surface area contributed by atoms with Crippen LogP contribution >= 0.6 is 0 Å². The van der Waals surface area contributed by atoms with Crippen molar-refractivity contribution in [3.05, 3.63) is 89.1 Å². The van der Waals surface area contributed by atoms with Crippen molar-refractivity contribution in [2.24, 2.45) is 0 Å². The maximum Gasteiger partial charge on any atom is 0.416 e. The Morgan fingerprint density at radius 2 is 1.62 bits per heavy atom. The Hall–Kier alpha value is -4.27. The first-order valence-corrected chi connectivity index (χ1v) is 9.51. The summed E-state index contributed by atoms with van der Waals surface area (Å²) in [5.74, 6) is 0.139. The van der Waals surface area contributed by atoms with Crippen molar-refractivity contribution in [3.63, 3.8) is 0 Å². The number of fused-ring (bicyclic) bond motifs is 3. The summed E-state index contributed by atoms with van der Waals surface area (Å²) >= 11 is 0. The number of benzene rings is 2. The molecule has 2 N–H and O–H groups in total. The zero-order valence-electron chi connectivity index (χ0n) is 16.3. The quantitative estimate of drug-likeness (QED) is 0.411. The number of halogens is 3. The topological polar surface area (TPSA) is 86.7 Å². The predicted molar refractivity (Wildman–Crippen MR) is 115 cm³/mol. The van der Waals surface area contributed by atoms with E-state index in [0.29, 0.717) is 27.4 Å². The van der Waals surface area contributed by atoms with E-state index >= 15 is 0 Å². The van der Waals surface area contributed by atoms with E-state index in [-0.39, 0.29) is 11.6 Å². The number of nitrogens with zero attached hydrogens (tertiary/aromatic N) is 4. The van der Waals surface area contributed by atoms with E-state index in [1.54, 1.807) is 30.7 Å². The largest absolute Gasteiger partial charge is 0.416 e. The van der Waals surface area contributed by atoms with Crippen molar-refractivity contribution in [1.82, 2.24) is 19.5 Å². The number of alkyl halides is 3. The van der Waals surface area contributed by atoms with Crippen molar-refractivity contribution < 1.29 is 13.2 Å². The Kier molecular flexibility index (Phi) is 4.40. The summed E-state index contributed by atoms with van der Waals surface area (Å²) in [7, 11) is 0. The average Bonchev–Trinajstić information content (AvgIpc) is 2.78. The van der Waals surface area contributed by atoms with E-state index in [0.717, 1.165) is 17.7 Å². The van der Waals surface area contributed by atoms with Crippen LogP contribution in [0.4, 0.5) is 19.1 Å². The van der Waals surface area contributed by atoms with Gasteiger partial charge in [-0.05, 0) is 42.0 Å². The number of aromatic nitrogens is 4. The van der Waals surface area contributed by atoms with Gasteiger partial charge in [-0.1, -0.05) is 12.1 Å². The molecule has 0 fully saturated rings. The molecule has 158 valence electrons. The van der Waals surface area contributed by atoms with Gasteiger partial charge in [0.1, 0.15) is 0 Å². The van der Waals surface area contributed by atoms with Gasteiger partial charge in [-0.2, -0.15) is 13.2 Å². The van der Waals surface area contributed by atoms with Crippen molar-refractivity contribution in [3.8, 4) is 16.8 Å². The minimum atomic E-state index is -4.53. The number of hydrogen-bond acceptors (Lipinski definition) is 5. The lowest BCUT2D eigenvalue weighted by atomic mass is 10.0. The lowest BCUT2D eigenvalue weighted by Crippen LogP contribution is -2.18. The molecule has 0 bridgehead atoms. The van der Waals surface area contributed by atoms with Crippen LogP contribution in [0.2, 0.25) is 0 Å². The van der Waals surface area contributed by atoms with Crippen LogP contribution in [0.15, 0.2) is 78.0 Å². The van der Waals surface area contributed by atoms with Gasteiger partial charge in [-0.3, -0.25) is 14.3 Å². The Morgan fingerprint density at radius 1 is 0.844 bits per heavy atom. The third-order valence-corrected chi connectivity index (χ3v) is 5.15. The molecule has 0 amide bonds. The van der Waals surface area contributed by atoms with Gasteiger partial charge in [0.15, 0.2) is 0 Å². The molecule has 6 nitrogen and oxygen atoms in total. The highest BCUT2D eigenvalue weighted by Crippen LogP contribution is 2.32. The third kappa shape index (κ3) is 3.33. The van der Waals surface area contributed by atoms with Gasteiger partial charge in [-0.25, -0.2) is 9.97 Å². The van der Waals surface area contributed by atoms with Crippen molar-refractivity contribution in [1.29, 1.82) is 0 Å². The SMILES string of the molecule is Nc1ncc(-c2ccc3ncc4ccc(=O)n(-c5cccc(C(F)(F)F)c5)c4c3c2)cn1. The Morgan fingerprint density at radius 3 is 2.38 bits per heavy atom. The highest BCUT2D eigenvalue weighted by Gasteiger charge is 2.30. The van der Waals surface area contributed by atoms with Crippen molar-refractivity contribution >= 4 is 27.8 Å². The van der Waals surface area contributed by atoms with E-state index in [1.807, 2.05) is 12.1 Å². The highest BCUT2D eigenvalue weighted by molar-refractivity contribution is 6.05. The van der Waals surface area contributed by atoms with Crippen molar-refractivity contribution in [2.75, 3.05) is 5.73 Å². The van der Waals surface area contributed by atoms with E-state index in [1.165, 1.54) is 22.8 Å². The fourth-order valence-electron chi connectivity index (χ4n) is 3.66. The second-order valence-electron chi connectivity index (χ2n) is 7.18. The number of nitrogens with two attached hydrogens (primary N) is 1. The molecule has 0 unspecified atom stereocenters. The lowest BCUT2D eigenvalue weighted by Gasteiger charge is -2.15. The molecule has 0 aliphatic carbocycles. The van der Waals surface area contributed by atoms with Gasteiger partial charge in [0.05, 0.1) is 16.6 Å². The Balaban J connectivity index is 1.84. The monoisotopic (exact) mass is 433 g/mol. The second kappa shape index (κ2) is 7.16. The molecule has 0 aliphatic heterocycles. The predicted octanol–water partition coefficient (Wildman–Crippen LogP) is 4.60. The second-order valence-corrected chi connectivity index (χ2v) is 7.18. The summed E-state index contributed by atoms with van der Waals surface area (Å²) < 4.78 is 41.2. The molecule has 9 heteroatoms. The number of anilines is 1. The molecule has 32 heavy (non-hydrogen) atoms. The number of pyridine rings is 2. The van der Waals surface area contributed by atoms with Crippen LogP contribution in [0.25, 0.3) is 38.6 Å². The van der Waals surface area contributed by atoms with E-state index in [2.05, 4.69) is 15.0 Å². The molecule has 3 heterocycles. The lowest BCUT2D eigenvalue weighted by molar-refractivity contribution is -0.137. The van der Waals surface area contributed by atoms with Crippen LogP contribution in [0.3, 0.4) is 0 Å². The third-order valence-electron chi connectivity index (χ3n) is 5.15. The maximum absolute atomic E-state index is 13.3. The van der Waals surface area contributed by atoms with Gasteiger partial charge in [0.2, 0.25) is 5.95 Å². The smallest absolute Gasteiger partial charge is 0.368 e. The fourth-order valence-corrected chi connectivity index (χ4v) is 3.66. The Labute approximate surface area is 178 Å². The van der Waals surface area contributed by atoms with E-state index < -0.39 is 17.3 Å². The van der Waals surface area contributed by atoms with Gasteiger partial charge >= 0.3 is 6.18 Å². The summed E-state index contributed by atoms with van der Waals surface area (Å²) in [4.78, 5) is 25.3. The van der Waals surface area contributed by atoms with Gasteiger partial charge in [0.25, 0.3) is 5.56 Å². The first-order chi connectivity index (χ1) is 15.3. The number of nitrogen functional groups attached to an aromatic ring is 1. The molecule has 3 aromatic heterocycles. The molecular weight excluding hydrogens is 419 g/mol. The van der Waals surface area contributed by atoms with Crippen LogP contribution < -0.4 is 11.3 Å². The molecule has 0 saturated heterocycles. The van der Waals surface area contributed by atoms with Gasteiger partial charge < -0.3 is 5.73 Å².